The molecule has 1 aromatic carbocycles. The third-order valence-electron chi connectivity index (χ3n) is 4.02. The molecule has 0 radical (unpaired) electrons. The monoisotopic (exact) mass is 312 g/mol. The Morgan fingerprint density at radius 1 is 1.33 bits per heavy atom. The number of nitrogens with zero attached hydrogens (tertiary/aromatic N) is 2. The molecule has 1 aliphatic heterocycles. The molecule has 1 atom stereocenters. The summed E-state index contributed by atoms with van der Waals surface area (Å²) in [6.07, 6.45) is 1.91. The molecule has 0 saturated carbocycles. The number of rotatable bonds is 6. The van der Waals surface area contributed by atoms with Gasteiger partial charge in [0.15, 0.2) is 0 Å². The van der Waals surface area contributed by atoms with E-state index in [1.807, 2.05) is 18.2 Å². The van der Waals surface area contributed by atoms with Gasteiger partial charge in [0.2, 0.25) is 10.0 Å². The maximum absolute atomic E-state index is 12.3. The molecular weight excluding hydrogens is 288 g/mol. The van der Waals surface area contributed by atoms with Crippen LogP contribution in [0, 0.1) is 0 Å². The van der Waals surface area contributed by atoms with Crippen LogP contribution in [0.4, 0.5) is 5.69 Å². The highest BCUT2D eigenvalue weighted by molar-refractivity contribution is 7.89. The quantitative estimate of drug-likeness (QED) is 0.800. The first-order valence-electron chi connectivity index (χ1n) is 7.29. The van der Waals surface area contributed by atoms with Crippen molar-refractivity contribution in [3.63, 3.8) is 0 Å². The molecule has 0 aromatic heterocycles. The second-order valence-corrected chi connectivity index (χ2v) is 7.55. The Morgan fingerprint density at radius 3 is 2.71 bits per heavy atom. The van der Waals surface area contributed by atoms with Crippen molar-refractivity contribution in [2.24, 2.45) is 0 Å². The second-order valence-electron chi connectivity index (χ2n) is 5.40. The van der Waals surface area contributed by atoms with Gasteiger partial charge in [0.1, 0.15) is 0 Å². The number of benzene rings is 1. The van der Waals surface area contributed by atoms with Crippen LogP contribution in [-0.2, 0) is 14.8 Å². The molecular formula is C15H24N2O3S. The highest BCUT2D eigenvalue weighted by Crippen LogP contribution is 2.23. The second kappa shape index (κ2) is 7.24. The van der Waals surface area contributed by atoms with E-state index in [0.29, 0.717) is 0 Å². The molecule has 0 amide bonds. The Labute approximate surface area is 127 Å². The van der Waals surface area contributed by atoms with Crippen molar-refractivity contribution in [2.75, 3.05) is 44.5 Å². The lowest BCUT2D eigenvalue weighted by Gasteiger charge is -2.38. The van der Waals surface area contributed by atoms with Gasteiger partial charge in [0, 0.05) is 39.0 Å². The molecule has 0 bridgehead atoms. The zero-order valence-corrected chi connectivity index (χ0v) is 13.6. The molecule has 0 unspecified atom stereocenters. The van der Waals surface area contributed by atoms with Gasteiger partial charge in [-0.15, -0.1) is 0 Å². The molecule has 21 heavy (non-hydrogen) atoms. The molecule has 1 heterocycles. The summed E-state index contributed by atoms with van der Waals surface area (Å²) in [5.74, 6) is 0.0435. The fraction of sp³-hybridized carbons (Fsp3) is 0.600. The van der Waals surface area contributed by atoms with Crippen molar-refractivity contribution in [3.8, 4) is 0 Å². The average Bonchev–Trinajstić information content (AvgIpc) is 2.53. The van der Waals surface area contributed by atoms with Crippen molar-refractivity contribution < 1.29 is 13.2 Å². The lowest BCUT2D eigenvalue weighted by atomic mass is 10.1. The van der Waals surface area contributed by atoms with Gasteiger partial charge in [0.25, 0.3) is 0 Å². The highest BCUT2D eigenvalue weighted by Gasteiger charge is 2.30. The Bertz CT molecular complexity index is 533. The fourth-order valence-electron chi connectivity index (χ4n) is 2.68. The van der Waals surface area contributed by atoms with Crippen LogP contribution in [0.5, 0.6) is 0 Å². The van der Waals surface area contributed by atoms with Crippen molar-refractivity contribution >= 4 is 15.7 Å². The van der Waals surface area contributed by atoms with Crippen LogP contribution >= 0.6 is 0 Å². The number of likely N-dealkylation sites (N-methyl/N-ethyl adjacent to an activating group) is 1. The van der Waals surface area contributed by atoms with E-state index in [9.17, 15) is 8.42 Å². The average molecular weight is 312 g/mol. The van der Waals surface area contributed by atoms with Crippen LogP contribution in [0.1, 0.15) is 12.8 Å². The first-order valence-corrected chi connectivity index (χ1v) is 8.90. The fourth-order valence-corrected chi connectivity index (χ4v) is 3.98. The van der Waals surface area contributed by atoms with Crippen molar-refractivity contribution in [1.29, 1.82) is 0 Å². The van der Waals surface area contributed by atoms with Crippen LogP contribution in [0.15, 0.2) is 30.3 Å². The van der Waals surface area contributed by atoms with E-state index in [2.05, 4.69) is 17.0 Å². The summed E-state index contributed by atoms with van der Waals surface area (Å²) in [5.41, 5.74) is 1.16. The number of anilines is 1. The highest BCUT2D eigenvalue weighted by atomic mass is 32.2. The molecule has 0 N–H and O–H groups in total. The lowest BCUT2D eigenvalue weighted by molar-refractivity contribution is 0.214. The van der Waals surface area contributed by atoms with Crippen molar-refractivity contribution in [1.82, 2.24) is 4.31 Å². The summed E-state index contributed by atoms with van der Waals surface area (Å²) < 4.78 is 30.9. The molecule has 0 aliphatic carbocycles. The van der Waals surface area contributed by atoms with E-state index in [0.717, 1.165) is 31.6 Å². The number of hydrogen-bond acceptors (Lipinski definition) is 4. The minimum atomic E-state index is -3.25. The number of sulfonamides is 1. The van der Waals surface area contributed by atoms with Gasteiger partial charge >= 0.3 is 0 Å². The third kappa shape index (κ3) is 4.18. The molecule has 1 fully saturated rings. The van der Waals surface area contributed by atoms with Gasteiger partial charge in [-0.2, -0.15) is 0 Å². The Balaban J connectivity index is 2.04. The number of methoxy groups -OCH3 is 1. The molecule has 1 saturated heterocycles. The van der Waals surface area contributed by atoms with E-state index in [1.165, 1.54) is 11.4 Å². The van der Waals surface area contributed by atoms with E-state index in [1.54, 1.807) is 7.05 Å². The molecule has 1 aromatic rings. The first kappa shape index (κ1) is 16.3. The van der Waals surface area contributed by atoms with Gasteiger partial charge < -0.3 is 9.64 Å². The van der Waals surface area contributed by atoms with E-state index < -0.39 is 10.0 Å². The molecule has 2 rings (SSSR count). The molecule has 118 valence electrons. The Hall–Kier alpha value is -1.11. The summed E-state index contributed by atoms with van der Waals surface area (Å²) in [6.45, 7) is 1.96. The van der Waals surface area contributed by atoms with Gasteiger partial charge in [0.05, 0.1) is 12.4 Å². The summed E-state index contributed by atoms with van der Waals surface area (Å²) >= 11 is 0. The number of hydrogen-bond donors (Lipinski definition) is 0. The van der Waals surface area contributed by atoms with Crippen LogP contribution < -0.4 is 4.90 Å². The SMILES string of the molecule is COCCS(=O)(=O)N(C)[C@H]1CCCN(c2ccccc2)C1. The summed E-state index contributed by atoms with van der Waals surface area (Å²) in [6, 6.07) is 10.2. The first-order chi connectivity index (χ1) is 10.0. The van der Waals surface area contributed by atoms with Crippen LogP contribution in [-0.4, -0.2) is 58.4 Å². The topological polar surface area (TPSA) is 49.9 Å². The standard InChI is InChI=1S/C15H24N2O3S/c1-16(21(18,19)12-11-20-2)15-9-6-10-17(13-15)14-7-4-3-5-8-14/h3-5,7-8,15H,6,9-13H2,1-2H3/t15-/m0/s1. The van der Waals surface area contributed by atoms with Gasteiger partial charge in [-0.1, -0.05) is 18.2 Å². The van der Waals surface area contributed by atoms with Crippen LogP contribution in [0.3, 0.4) is 0 Å². The third-order valence-corrected chi connectivity index (χ3v) is 5.87. The molecule has 0 spiro atoms. The summed E-state index contributed by atoms with van der Waals surface area (Å²) in [4.78, 5) is 2.26. The normalized spacial score (nSPS) is 20.0. The predicted octanol–water partition coefficient (Wildman–Crippen LogP) is 1.56. The van der Waals surface area contributed by atoms with Gasteiger partial charge in [-0.05, 0) is 25.0 Å². The van der Waals surface area contributed by atoms with Crippen molar-refractivity contribution in [2.45, 2.75) is 18.9 Å². The van der Waals surface area contributed by atoms with Gasteiger partial charge in [-0.3, -0.25) is 0 Å². The van der Waals surface area contributed by atoms with Crippen LogP contribution in [0.2, 0.25) is 0 Å². The largest absolute Gasteiger partial charge is 0.384 e. The van der Waals surface area contributed by atoms with E-state index in [4.69, 9.17) is 4.74 Å². The maximum Gasteiger partial charge on any atom is 0.216 e. The zero-order valence-electron chi connectivity index (χ0n) is 12.7. The zero-order chi connectivity index (χ0) is 15.3. The maximum atomic E-state index is 12.3. The summed E-state index contributed by atoms with van der Waals surface area (Å²) in [5, 5.41) is 0. The minimum Gasteiger partial charge on any atom is -0.384 e. The number of ether oxygens (including phenoxy) is 1. The van der Waals surface area contributed by atoms with E-state index >= 15 is 0 Å². The molecule has 5 nitrogen and oxygen atoms in total. The smallest absolute Gasteiger partial charge is 0.216 e. The van der Waals surface area contributed by atoms with E-state index in [-0.39, 0.29) is 18.4 Å². The van der Waals surface area contributed by atoms with Crippen LogP contribution in [0.25, 0.3) is 0 Å². The summed E-state index contributed by atoms with van der Waals surface area (Å²) in [7, 11) is -0.0402. The Kier molecular flexibility index (Phi) is 5.61. The predicted molar refractivity (Wildman–Crippen MR) is 85.1 cm³/mol. The number of piperidine rings is 1. The molecule has 1 aliphatic rings. The van der Waals surface area contributed by atoms with Crippen molar-refractivity contribution in [3.05, 3.63) is 30.3 Å². The number of para-hydroxylation sites is 1. The van der Waals surface area contributed by atoms with Gasteiger partial charge in [-0.25, -0.2) is 12.7 Å². The molecule has 6 heteroatoms. The lowest BCUT2D eigenvalue weighted by Crippen LogP contribution is -2.49. The minimum absolute atomic E-state index is 0.0285. The Morgan fingerprint density at radius 2 is 2.05 bits per heavy atom.